The van der Waals surface area contributed by atoms with Gasteiger partial charge in [0, 0.05) is 18.3 Å². The molecular weight excluding hydrogens is 364 g/mol. The number of benzene rings is 1. The van der Waals surface area contributed by atoms with Crippen LogP contribution in [0.1, 0.15) is 27.7 Å². The van der Waals surface area contributed by atoms with Crippen LogP contribution in [0.25, 0.3) is 0 Å². The van der Waals surface area contributed by atoms with E-state index in [0.29, 0.717) is 29.3 Å². The number of para-hydroxylation sites is 1. The number of aromatic nitrogens is 3. The topological polar surface area (TPSA) is 109 Å². The van der Waals surface area contributed by atoms with Crippen molar-refractivity contribution in [3.05, 3.63) is 30.3 Å². The first-order chi connectivity index (χ1) is 12.9. The van der Waals surface area contributed by atoms with Crippen molar-refractivity contribution in [2.75, 3.05) is 22.5 Å². The van der Waals surface area contributed by atoms with E-state index in [2.05, 4.69) is 30.9 Å². The Morgan fingerprint density at radius 1 is 1.07 bits per heavy atom. The molecule has 2 rings (SSSR count). The summed E-state index contributed by atoms with van der Waals surface area (Å²) < 4.78 is 0. The van der Waals surface area contributed by atoms with Crippen molar-refractivity contribution in [2.45, 2.75) is 44.1 Å². The Bertz CT molecular complexity index is 785. The Hall–Kier alpha value is -2.68. The van der Waals surface area contributed by atoms with Gasteiger partial charge in [0.25, 0.3) is 0 Å². The maximum absolute atomic E-state index is 12.6. The standard InChI is InChI=1S/C18H24N6O2S/c1-5-19-16-22-17(20-11(2)3)24-18(23-16)27-14(12(4)25)15(26)21-13-9-7-6-8-10-13/h6-11,14H,5H2,1-4H3,(H,21,26)(H2,19,20,22,23,24). The predicted molar refractivity (Wildman–Crippen MR) is 108 cm³/mol. The summed E-state index contributed by atoms with van der Waals surface area (Å²) in [4.78, 5) is 37.6. The van der Waals surface area contributed by atoms with Crippen molar-refractivity contribution in [1.82, 2.24) is 15.0 Å². The molecule has 2 aromatic rings. The van der Waals surface area contributed by atoms with Gasteiger partial charge in [-0.3, -0.25) is 9.59 Å². The summed E-state index contributed by atoms with van der Waals surface area (Å²) in [7, 11) is 0. The van der Waals surface area contributed by atoms with Crippen LogP contribution in [0.15, 0.2) is 35.5 Å². The fourth-order valence-corrected chi connectivity index (χ4v) is 2.95. The normalized spacial score (nSPS) is 11.7. The number of thioether (sulfide) groups is 1. The minimum absolute atomic E-state index is 0.129. The smallest absolute Gasteiger partial charge is 0.245 e. The fourth-order valence-electron chi connectivity index (χ4n) is 2.12. The maximum atomic E-state index is 12.6. The molecule has 1 heterocycles. The second-order valence-corrected chi connectivity index (χ2v) is 7.13. The number of hydrogen-bond acceptors (Lipinski definition) is 8. The van der Waals surface area contributed by atoms with Crippen LogP contribution in [-0.4, -0.2) is 44.5 Å². The number of ketones is 1. The molecule has 0 bridgehead atoms. The molecule has 1 aromatic carbocycles. The van der Waals surface area contributed by atoms with E-state index in [9.17, 15) is 9.59 Å². The van der Waals surface area contributed by atoms with Gasteiger partial charge in [-0.05, 0) is 39.8 Å². The molecule has 1 amide bonds. The van der Waals surface area contributed by atoms with E-state index < -0.39 is 11.2 Å². The first-order valence-electron chi connectivity index (χ1n) is 8.68. The van der Waals surface area contributed by atoms with E-state index in [1.165, 1.54) is 6.92 Å². The van der Waals surface area contributed by atoms with Crippen LogP contribution in [0.3, 0.4) is 0 Å². The van der Waals surface area contributed by atoms with E-state index in [1.54, 1.807) is 12.1 Å². The molecule has 9 heteroatoms. The molecule has 0 radical (unpaired) electrons. The molecule has 0 spiro atoms. The highest BCUT2D eigenvalue weighted by Crippen LogP contribution is 2.24. The number of nitrogens with one attached hydrogen (secondary N) is 3. The number of Topliss-reactive ketones (excluding diaryl/α,β-unsaturated/α-hetero) is 1. The van der Waals surface area contributed by atoms with E-state index in [4.69, 9.17) is 0 Å². The van der Waals surface area contributed by atoms with Gasteiger partial charge in [-0.1, -0.05) is 30.0 Å². The highest BCUT2D eigenvalue weighted by Gasteiger charge is 2.26. The zero-order valence-electron chi connectivity index (χ0n) is 15.8. The lowest BCUT2D eigenvalue weighted by Gasteiger charge is -2.15. The number of nitrogens with zero attached hydrogens (tertiary/aromatic N) is 3. The lowest BCUT2D eigenvalue weighted by molar-refractivity contribution is -0.123. The van der Waals surface area contributed by atoms with Crippen molar-refractivity contribution < 1.29 is 9.59 Å². The Balaban J connectivity index is 2.22. The van der Waals surface area contributed by atoms with Crippen LogP contribution in [0.2, 0.25) is 0 Å². The Morgan fingerprint density at radius 2 is 1.74 bits per heavy atom. The molecule has 27 heavy (non-hydrogen) atoms. The minimum Gasteiger partial charge on any atom is -0.354 e. The summed E-state index contributed by atoms with van der Waals surface area (Å²) in [6, 6.07) is 9.12. The SMILES string of the molecule is CCNc1nc(NC(C)C)nc(SC(C(C)=O)C(=O)Nc2ccccc2)n1. The lowest BCUT2D eigenvalue weighted by atomic mass is 10.2. The third-order valence-electron chi connectivity index (χ3n) is 3.24. The summed E-state index contributed by atoms with van der Waals surface area (Å²) >= 11 is 1.00. The molecule has 0 aliphatic heterocycles. The molecule has 1 unspecified atom stereocenters. The number of rotatable bonds is 9. The first kappa shape index (κ1) is 20.6. The van der Waals surface area contributed by atoms with Crippen LogP contribution < -0.4 is 16.0 Å². The summed E-state index contributed by atoms with van der Waals surface area (Å²) in [5.41, 5.74) is 0.625. The van der Waals surface area contributed by atoms with Crippen molar-refractivity contribution in [2.24, 2.45) is 0 Å². The van der Waals surface area contributed by atoms with Gasteiger partial charge in [0.1, 0.15) is 5.25 Å². The van der Waals surface area contributed by atoms with Crippen LogP contribution in [-0.2, 0) is 9.59 Å². The van der Waals surface area contributed by atoms with E-state index in [-0.39, 0.29) is 11.8 Å². The van der Waals surface area contributed by atoms with Gasteiger partial charge >= 0.3 is 0 Å². The van der Waals surface area contributed by atoms with Gasteiger partial charge in [-0.2, -0.15) is 15.0 Å². The Labute approximate surface area is 163 Å². The third-order valence-corrected chi connectivity index (χ3v) is 4.41. The fraction of sp³-hybridized carbons (Fsp3) is 0.389. The van der Waals surface area contributed by atoms with Crippen LogP contribution in [0.5, 0.6) is 0 Å². The highest BCUT2D eigenvalue weighted by molar-refractivity contribution is 8.01. The van der Waals surface area contributed by atoms with Crippen LogP contribution in [0.4, 0.5) is 17.6 Å². The van der Waals surface area contributed by atoms with Gasteiger partial charge in [-0.15, -0.1) is 0 Å². The lowest BCUT2D eigenvalue weighted by Crippen LogP contribution is -2.31. The highest BCUT2D eigenvalue weighted by atomic mass is 32.2. The van der Waals surface area contributed by atoms with Crippen molar-refractivity contribution in [3.63, 3.8) is 0 Å². The second kappa shape index (κ2) is 9.86. The zero-order valence-corrected chi connectivity index (χ0v) is 16.6. The summed E-state index contributed by atoms with van der Waals surface area (Å²) in [5.74, 6) is 0.0906. The maximum Gasteiger partial charge on any atom is 0.245 e. The quantitative estimate of drug-likeness (QED) is 0.444. The largest absolute Gasteiger partial charge is 0.354 e. The molecular formula is C18H24N6O2S. The third kappa shape index (κ3) is 6.52. The van der Waals surface area contributed by atoms with Crippen molar-refractivity contribution in [1.29, 1.82) is 0 Å². The Kier molecular flexibility index (Phi) is 7.54. The number of carbonyl (C=O) groups excluding carboxylic acids is 2. The van der Waals surface area contributed by atoms with Crippen molar-refractivity contribution in [3.8, 4) is 0 Å². The predicted octanol–water partition coefficient (Wildman–Crippen LogP) is 2.81. The van der Waals surface area contributed by atoms with Crippen LogP contribution >= 0.6 is 11.8 Å². The van der Waals surface area contributed by atoms with E-state index in [0.717, 1.165) is 11.8 Å². The Morgan fingerprint density at radius 3 is 2.33 bits per heavy atom. The van der Waals surface area contributed by atoms with Gasteiger partial charge in [0.15, 0.2) is 10.9 Å². The van der Waals surface area contributed by atoms with Gasteiger partial charge in [-0.25, -0.2) is 0 Å². The summed E-state index contributed by atoms with van der Waals surface area (Å²) in [6.07, 6.45) is 0. The number of hydrogen-bond donors (Lipinski definition) is 3. The van der Waals surface area contributed by atoms with Gasteiger partial charge in [0.05, 0.1) is 0 Å². The van der Waals surface area contributed by atoms with Gasteiger partial charge < -0.3 is 16.0 Å². The molecule has 0 aliphatic rings. The average Bonchev–Trinajstić information content (AvgIpc) is 2.59. The molecule has 1 atom stereocenters. The monoisotopic (exact) mass is 388 g/mol. The molecule has 0 saturated heterocycles. The minimum atomic E-state index is -0.964. The first-order valence-corrected chi connectivity index (χ1v) is 9.56. The average molecular weight is 388 g/mol. The van der Waals surface area contributed by atoms with Crippen LogP contribution in [0, 0.1) is 0 Å². The number of anilines is 3. The molecule has 144 valence electrons. The molecule has 0 saturated carbocycles. The molecule has 3 N–H and O–H groups in total. The molecule has 0 fully saturated rings. The number of carbonyl (C=O) groups is 2. The summed E-state index contributed by atoms with van der Waals surface area (Å²) in [6.45, 7) is 7.88. The van der Waals surface area contributed by atoms with E-state index >= 15 is 0 Å². The van der Waals surface area contributed by atoms with E-state index in [1.807, 2.05) is 39.0 Å². The second-order valence-electron chi connectivity index (χ2n) is 6.06. The number of amides is 1. The summed E-state index contributed by atoms with van der Waals surface area (Å²) in [5, 5.41) is 8.23. The molecule has 0 aliphatic carbocycles. The van der Waals surface area contributed by atoms with Crippen molar-refractivity contribution >= 4 is 41.0 Å². The molecule has 8 nitrogen and oxygen atoms in total. The zero-order chi connectivity index (χ0) is 19.8. The van der Waals surface area contributed by atoms with Gasteiger partial charge in [0.2, 0.25) is 17.8 Å². The molecule has 1 aromatic heterocycles.